The van der Waals surface area contributed by atoms with Crippen molar-refractivity contribution in [3.63, 3.8) is 0 Å². The molecule has 3 spiro atoms. The number of carbonyl (C=O) groups is 7. The average Bonchev–Trinajstić information content (AvgIpc) is 1.59. The highest BCUT2D eigenvalue weighted by atomic mass is 19.1. The van der Waals surface area contributed by atoms with Crippen LogP contribution in [0.15, 0.2) is 84.5 Å². The van der Waals surface area contributed by atoms with E-state index < -0.39 is 28.4 Å². The van der Waals surface area contributed by atoms with Gasteiger partial charge in [0.05, 0.1) is 61.6 Å². The van der Waals surface area contributed by atoms with Gasteiger partial charge in [-0.05, 0) is 153 Å². The number of anilines is 3. The molecular formula is C81H100F2N12O10. The summed E-state index contributed by atoms with van der Waals surface area (Å²) in [6.45, 7) is 24.9. The van der Waals surface area contributed by atoms with Gasteiger partial charge in [-0.25, -0.2) is 38.1 Å². The van der Waals surface area contributed by atoms with Crippen LogP contribution in [0.5, 0.6) is 0 Å². The summed E-state index contributed by atoms with van der Waals surface area (Å²) >= 11 is 0. The third-order valence-corrected chi connectivity index (χ3v) is 21.9. The number of imidazole rings is 3. The quantitative estimate of drug-likeness (QED) is 0.0824. The maximum absolute atomic E-state index is 14.7. The summed E-state index contributed by atoms with van der Waals surface area (Å²) in [7, 11) is 0. The SMILES string of the molecule is CC(C)OC(=O)N1CC2(C1)C(=O)N(Cc1nc3c(n1/C=C(\F)C(C)C)CCCC3)c1ccccc12.CC(C)OC(=O)N1CC2(C1)C(=O)N(Cc1nc3c(n1/C=C(\F)C(C)C)CCCC3)c1ccccc12.CC(C)OC(=O)N1CC2(C1)C(=O)N(Cc1nc3c(n1CC(=O)C(C)C)CCCC3)c1ccccc12. The second-order valence-electron chi connectivity index (χ2n) is 31.5. The number of hydrogen-bond donors (Lipinski definition) is 0. The molecule has 9 heterocycles. The number of para-hydroxylation sites is 3. The van der Waals surface area contributed by atoms with Crippen LogP contribution in [0.2, 0.25) is 0 Å². The molecule has 9 aliphatic rings. The number of rotatable bonds is 16. The van der Waals surface area contributed by atoms with Crippen molar-refractivity contribution in [1.82, 2.24) is 43.4 Å². The van der Waals surface area contributed by atoms with Crippen LogP contribution in [0.1, 0.15) is 190 Å². The molecule has 6 aromatic rings. The molecule has 0 saturated carbocycles. The summed E-state index contributed by atoms with van der Waals surface area (Å²) in [4.78, 5) is 116. The Labute approximate surface area is 613 Å². The van der Waals surface area contributed by atoms with E-state index in [0.29, 0.717) is 37.8 Å². The molecule has 3 fully saturated rings. The molecule has 558 valence electrons. The molecule has 15 rings (SSSR count). The first-order chi connectivity index (χ1) is 50.1. The van der Waals surface area contributed by atoms with Gasteiger partial charge in [0.2, 0.25) is 17.7 Å². The molecule has 0 unspecified atom stereocenters. The molecule has 3 aliphatic carbocycles. The molecule has 0 atom stereocenters. The standard InChI is InChI=1S/2C27H33FN4O3.C27H34N4O4/c2*1-17(2)20(28)13-31-23-12-8-6-10-21(23)29-24(31)14-32-22-11-7-5-9-19(22)27(25(32)33)15-30(16-27)26(34)35-18(3)4;1-17(2)23(32)13-30-22-12-8-6-10-20(22)28-24(30)14-31-21-11-7-5-9-19(21)27(25(31)33)15-29(16-27)26(34)35-18(3)4/h2*5,7,9,11,13,17-18H,6,8,10,12,14-16H2,1-4H3;5,7,9,11,17-18H,6,8,10,12-16H2,1-4H3/b2*20-13-;. The van der Waals surface area contributed by atoms with Gasteiger partial charge in [-0.1, -0.05) is 96.1 Å². The van der Waals surface area contributed by atoms with Gasteiger partial charge in [-0.15, -0.1) is 0 Å². The first-order valence-electron chi connectivity index (χ1n) is 37.8. The number of aryl methyl sites for hydroxylation is 3. The highest BCUT2D eigenvalue weighted by Crippen LogP contribution is 2.51. The maximum atomic E-state index is 14.7. The number of benzene rings is 3. The van der Waals surface area contributed by atoms with Gasteiger partial charge < -0.3 is 57.3 Å². The van der Waals surface area contributed by atoms with Crippen LogP contribution in [-0.2, 0) is 114 Å². The molecule has 6 aliphatic heterocycles. The van der Waals surface area contributed by atoms with Gasteiger partial charge in [0, 0.05) is 104 Å². The predicted octanol–water partition coefficient (Wildman–Crippen LogP) is 13.3. The van der Waals surface area contributed by atoms with E-state index in [1.165, 1.54) is 0 Å². The number of fused-ring (bicyclic) bond motifs is 9. The minimum absolute atomic E-state index is 0.0185. The molecular weight excluding hydrogens is 1340 g/mol. The Morgan fingerprint density at radius 3 is 1.04 bits per heavy atom. The topological polar surface area (TPSA) is 220 Å². The van der Waals surface area contributed by atoms with Crippen LogP contribution >= 0.6 is 0 Å². The Hall–Kier alpha value is -9.48. The number of likely N-dealkylation sites (tertiary alicyclic amines) is 3. The van der Waals surface area contributed by atoms with Crippen molar-refractivity contribution in [1.29, 1.82) is 0 Å². The van der Waals surface area contributed by atoms with Crippen molar-refractivity contribution < 1.29 is 56.6 Å². The van der Waals surface area contributed by atoms with E-state index in [0.717, 1.165) is 151 Å². The Balaban J connectivity index is 0.000000140. The molecule has 0 N–H and O–H groups in total. The second kappa shape index (κ2) is 29.5. The zero-order valence-electron chi connectivity index (χ0n) is 62.8. The number of carbonyl (C=O) groups excluding carboxylic acids is 7. The highest BCUT2D eigenvalue weighted by Gasteiger charge is 2.62. The van der Waals surface area contributed by atoms with Gasteiger partial charge in [0.1, 0.15) is 45.4 Å². The van der Waals surface area contributed by atoms with Gasteiger partial charge in [-0.2, -0.15) is 0 Å². The van der Waals surface area contributed by atoms with E-state index >= 15 is 0 Å². The maximum Gasteiger partial charge on any atom is 0.410 e. The lowest BCUT2D eigenvalue weighted by Crippen LogP contribution is -2.65. The Bertz CT molecular complexity index is 4260. The predicted molar refractivity (Wildman–Crippen MR) is 394 cm³/mol. The largest absolute Gasteiger partial charge is 0.447 e. The molecule has 24 heteroatoms. The smallest absolute Gasteiger partial charge is 0.410 e. The molecule has 6 amide bonds. The van der Waals surface area contributed by atoms with E-state index in [-0.39, 0.29) is 117 Å². The minimum Gasteiger partial charge on any atom is -0.447 e. The summed E-state index contributed by atoms with van der Waals surface area (Å²) in [6, 6.07) is 23.3. The fourth-order valence-electron chi connectivity index (χ4n) is 16.2. The first-order valence-corrected chi connectivity index (χ1v) is 37.8. The van der Waals surface area contributed by atoms with Crippen LogP contribution in [0.25, 0.3) is 12.4 Å². The monoisotopic (exact) mass is 1440 g/mol. The van der Waals surface area contributed by atoms with Crippen molar-refractivity contribution >= 4 is 71.2 Å². The number of aromatic nitrogens is 6. The van der Waals surface area contributed by atoms with E-state index in [1.807, 2.05) is 165 Å². The van der Waals surface area contributed by atoms with E-state index in [2.05, 4.69) is 4.57 Å². The zero-order valence-corrected chi connectivity index (χ0v) is 62.8. The van der Waals surface area contributed by atoms with E-state index in [1.54, 1.807) is 41.8 Å². The number of ketones is 1. The number of halogens is 2. The van der Waals surface area contributed by atoms with Gasteiger partial charge in [-0.3, -0.25) is 19.2 Å². The Morgan fingerprint density at radius 2 is 0.714 bits per heavy atom. The molecule has 3 aromatic heterocycles. The van der Waals surface area contributed by atoms with Crippen molar-refractivity contribution in [2.45, 2.75) is 221 Å². The van der Waals surface area contributed by atoms with Crippen molar-refractivity contribution in [2.24, 2.45) is 17.8 Å². The molecule has 3 aromatic carbocycles. The Kier molecular flexibility index (Phi) is 20.7. The Morgan fingerprint density at radius 1 is 0.419 bits per heavy atom. The number of ether oxygens (including phenoxy) is 3. The van der Waals surface area contributed by atoms with Crippen LogP contribution in [-0.4, -0.2) is 143 Å². The lowest BCUT2D eigenvalue weighted by molar-refractivity contribution is -0.129. The molecule has 105 heavy (non-hydrogen) atoms. The lowest BCUT2D eigenvalue weighted by atomic mass is 9.75. The number of allylic oxidation sites excluding steroid dienone is 2. The summed E-state index contributed by atoms with van der Waals surface area (Å²) in [6.07, 6.45) is 13.0. The van der Waals surface area contributed by atoms with Crippen LogP contribution in [0.4, 0.5) is 40.2 Å². The summed E-state index contributed by atoms with van der Waals surface area (Å²) in [5, 5.41) is 0. The van der Waals surface area contributed by atoms with Crippen molar-refractivity contribution in [3.05, 3.63) is 153 Å². The van der Waals surface area contributed by atoms with Gasteiger partial charge >= 0.3 is 18.3 Å². The zero-order chi connectivity index (χ0) is 74.7. The van der Waals surface area contributed by atoms with Crippen LogP contribution in [0.3, 0.4) is 0 Å². The fraction of sp³-hybridized carbons (Fsp3) is 0.531. The van der Waals surface area contributed by atoms with E-state index in [9.17, 15) is 42.3 Å². The first kappa shape index (κ1) is 73.8. The molecule has 3 saturated heterocycles. The van der Waals surface area contributed by atoms with Gasteiger partial charge in [0.15, 0.2) is 5.78 Å². The third-order valence-electron chi connectivity index (χ3n) is 21.9. The number of hydrogen-bond acceptors (Lipinski definition) is 13. The highest BCUT2D eigenvalue weighted by molar-refractivity contribution is 6.12. The van der Waals surface area contributed by atoms with Gasteiger partial charge in [0.25, 0.3) is 0 Å². The summed E-state index contributed by atoms with van der Waals surface area (Å²) in [5.41, 5.74) is 9.29. The normalized spacial score (nSPS) is 18.6. The average molecular weight is 1440 g/mol. The summed E-state index contributed by atoms with van der Waals surface area (Å²) < 4.78 is 51.3. The summed E-state index contributed by atoms with van der Waals surface area (Å²) in [5.74, 6) is 1.22. The van der Waals surface area contributed by atoms with Crippen molar-refractivity contribution in [2.75, 3.05) is 54.0 Å². The fourth-order valence-corrected chi connectivity index (χ4v) is 16.2. The molecule has 0 radical (unpaired) electrons. The minimum atomic E-state index is -0.775. The molecule has 22 nitrogen and oxygen atoms in total. The van der Waals surface area contributed by atoms with Crippen LogP contribution < -0.4 is 14.7 Å². The number of nitrogens with zero attached hydrogens (tertiary/aromatic N) is 12. The van der Waals surface area contributed by atoms with Crippen molar-refractivity contribution in [3.8, 4) is 0 Å². The number of Topliss-reactive ketones (excluding diaryl/α,β-unsaturated/α-hetero) is 1. The third kappa shape index (κ3) is 13.8. The van der Waals surface area contributed by atoms with E-state index in [4.69, 9.17) is 29.2 Å². The lowest BCUT2D eigenvalue weighted by Gasteiger charge is -2.46. The molecule has 0 bridgehead atoms. The second-order valence-corrected chi connectivity index (χ2v) is 31.5. The number of amides is 6. The van der Waals surface area contributed by atoms with Crippen LogP contribution in [0, 0.1) is 17.8 Å².